The Labute approximate surface area is 139 Å². The van der Waals surface area contributed by atoms with Crippen molar-refractivity contribution in [2.24, 2.45) is 0 Å². The minimum Gasteiger partial charge on any atom is -0.323 e. The third-order valence-corrected chi connectivity index (χ3v) is 4.94. The van der Waals surface area contributed by atoms with Gasteiger partial charge < -0.3 is 5.32 Å². The standard InChI is InChI=1S/C15H22BrN5O/c1-6-20-12(5)15(10(3)19-20)17-13(22)7-8-21-11(4)14(16)9(2)18-21/h6-8H2,1-5H3,(H,17,22). The summed E-state index contributed by atoms with van der Waals surface area (Å²) in [5.41, 5.74) is 4.63. The Morgan fingerprint density at radius 2 is 1.73 bits per heavy atom. The third kappa shape index (κ3) is 3.24. The smallest absolute Gasteiger partial charge is 0.226 e. The van der Waals surface area contributed by atoms with Gasteiger partial charge in [0, 0.05) is 18.7 Å². The molecule has 2 rings (SSSR count). The van der Waals surface area contributed by atoms with Crippen molar-refractivity contribution >= 4 is 27.5 Å². The largest absolute Gasteiger partial charge is 0.323 e. The van der Waals surface area contributed by atoms with Crippen LogP contribution in [0, 0.1) is 27.7 Å². The summed E-state index contributed by atoms with van der Waals surface area (Å²) in [4.78, 5) is 12.2. The van der Waals surface area contributed by atoms with Crippen LogP contribution in [0.3, 0.4) is 0 Å². The quantitative estimate of drug-likeness (QED) is 0.882. The first kappa shape index (κ1) is 16.7. The average molecular weight is 368 g/mol. The molecule has 2 aromatic rings. The molecular formula is C15H22BrN5O. The summed E-state index contributed by atoms with van der Waals surface area (Å²) in [5.74, 6) is -0.0227. The molecule has 2 heterocycles. The maximum atomic E-state index is 12.2. The molecule has 2 aromatic heterocycles. The van der Waals surface area contributed by atoms with Crippen molar-refractivity contribution in [3.05, 3.63) is 27.2 Å². The van der Waals surface area contributed by atoms with E-state index >= 15 is 0 Å². The topological polar surface area (TPSA) is 64.7 Å². The van der Waals surface area contributed by atoms with Gasteiger partial charge in [-0.25, -0.2) is 0 Å². The van der Waals surface area contributed by atoms with Crippen LogP contribution in [0.25, 0.3) is 0 Å². The number of hydrogen-bond acceptors (Lipinski definition) is 3. The molecule has 0 aliphatic carbocycles. The fraction of sp³-hybridized carbons (Fsp3) is 0.533. The van der Waals surface area contributed by atoms with E-state index in [9.17, 15) is 4.79 Å². The minimum absolute atomic E-state index is 0.0227. The number of anilines is 1. The maximum absolute atomic E-state index is 12.2. The van der Waals surface area contributed by atoms with Crippen molar-refractivity contribution < 1.29 is 4.79 Å². The lowest BCUT2D eigenvalue weighted by atomic mass is 10.3. The number of hydrogen-bond donors (Lipinski definition) is 1. The van der Waals surface area contributed by atoms with Gasteiger partial charge in [0.25, 0.3) is 0 Å². The van der Waals surface area contributed by atoms with Crippen LogP contribution < -0.4 is 5.32 Å². The third-order valence-electron chi connectivity index (χ3n) is 3.79. The number of nitrogens with zero attached hydrogens (tertiary/aromatic N) is 4. The van der Waals surface area contributed by atoms with Gasteiger partial charge in [-0.2, -0.15) is 10.2 Å². The van der Waals surface area contributed by atoms with Crippen LogP contribution in [0.2, 0.25) is 0 Å². The van der Waals surface area contributed by atoms with Crippen molar-refractivity contribution in [1.29, 1.82) is 0 Å². The predicted octanol–water partition coefficient (Wildman–Crippen LogP) is 3.12. The zero-order chi connectivity index (χ0) is 16.4. The van der Waals surface area contributed by atoms with E-state index in [1.165, 1.54) is 0 Å². The SMILES string of the molecule is CCn1nc(C)c(NC(=O)CCn2nc(C)c(Br)c2C)c1C. The molecule has 0 bridgehead atoms. The van der Waals surface area contributed by atoms with Gasteiger partial charge in [0.1, 0.15) is 0 Å². The molecule has 0 saturated carbocycles. The van der Waals surface area contributed by atoms with Crippen LogP contribution in [0.15, 0.2) is 4.47 Å². The van der Waals surface area contributed by atoms with Crippen molar-refractivity contribution in [2.45, 2.75) is 54.1 Å². The summed E-state index contributed by atoms with van der Waals surface area (Å²) in [6.45, 7) is 11.2. The van der Waals surface area contributed by atoms with E-state index in [-0.39, 0.29) is 5.91 Å². The highest BCUT2D eigenvalue weighted by molar-refractivity contribution is 9.10. The fourth-order valence-corrected chi connectivity index (χ4v) is 2.77. The Hall–Kier alpha value is -1.63. The normalized spacial score (nSPS) is 11.0. The zero-order valence-corrected chi connectivity index (χ0v) is 15.3. The molecule has 0 aliphatic heterocycles. The van der Waals surface area contributed by atoms with Gasteiger partial charge in [0.2, 0.25) is 5.91 Å². The molecular weight excluding hydrogens is 346 g/mol. The van der Waals surface area contributed by atoms with Gasteiger partial charge in [0.05, 0.1) is 33.8 Å². The van der Waals surface area contributed by atoms with E-state index in [4.69, 9.17) is 0 Å². The summed E-state index contributed by atoms with van der Waals surface area (Å²) < 4.78 is 4.75. The molecule has 6 nitrogen and oxygen atoms in total. The van der Waals surface area contributed by atoms with Crippen LogP contribution in [-0.2, 0) is 17.9 Å². The second kappa shape index (κ2) is 6.64. The molecule has 120 valence electrons. The monoisotopic (exact) mass is 367 g/mol. The lowest BCUT2D eigenvalue weighted by molar-refractivity contribution is -0.116. The van der Waals surface area contributed by atoms with Crippen molar-refractivity contribution in [1.82, 2.24) is 19.6 Å². The molecule has 1 N–H and O–H groups in total. The molecule has 0 radical (unpaired) electrons. The zero-order valence-electron chi connectivity index (χ0n) is 13.7. The van der Waals surface area contributed by atoms with Crippen molar-refractivity contribution in [2.75, 3.05) is 5.32 Å². The van der Waals surface area contributed by atoms with Crippen LogP contribution in [0.1, 0.15) is 36.1 Å². The summed E-state index contributed by atoms with van der Waals surface area (Å²) in [5, 5.41) is 11.8. The predicted molar refractivity (Wildman–Crippen MR) is 90.0 cm³/mol. The average Bonchev–Trinajstić information content (AvgIpc) is 2.89. The number of nitrogens with one attached hydrogen (secondary N) is 1. The van der Waals surface area contributed by atoms with Crippen molar-refractivity contribution in [3.8, 4) is 0 Å². The number of halogens is 1. The number of amides is 1. The molecule has 0 spiro atoms. The first-order chi connectivity index (χ1) is 10.3. The van der Waals surface area contributed by atoms with Gasteiger partial charge >= 0.3 is 0 Å². The van der Waals surface area contributed by atoms with Crippen LogP contribution >= 0.6 is 15.9 Å². The van der Waals surface area contributed by atoms with E-state index in [0.29, 0.717) is 13.0 Å². The number of aromatic nitrogens is 4. The molecule has 22 heavy (non-hydrogen) atoms. The summed E-state index contributed by atoms with van der Waals surface area (Å²) in [6.07, 6.45) is 0.380. The first-order valence-electron chi connectivity index (χ1n) is 7.38. The summed E-state index contributed by atoms with van der Waals surface area (Å²) in [7, 11) is 0. The second-order valence-electron chi connectivity index (χ2n) is 5.37. The second-order valence-corrected chi connectivity index (χ2v) is 6.16. The van der Waals surface area contributed by atoms with Crippen LogP contribution in [0.5, 0.6) is 0 Å². The lowest BCUT2D eigenvalue weighted by Gasteiger charge is -2.07. The van der Waals surface area contributed by atoms with Gasteiger partial charge in [-0.05, 0) is 50.5 Å². The highest BCUT2D eigenvalue weighted by Gasteiger charge is 2.14. The van der Waals surface area contributed by atoms with Gasteiger partial charge in [-0.1, -0.05) is 0 Å². The summed E-state index contributed by atoms with van der Waals surface area (Å²) in [6, 6.07) is 0. The van der Waals surface area contributed by atoms with Crippen LogP contribution in [0.4, 0.5) is 5.69 Å². The molecule has 0 aliphatic rings. The molecule has 0 unspecified atom stereocenters. The number of carbonyl (C=O) groups excluding carboxylic acids is 1. The van der Waals surface area contributed by atoms with E-state index < -0.39 is 0 Å². The Balaban J connectivity index is 2.02. The van der Waals surface area contributed by atoms with Gasteiger partial charge in [-0.15, -0.1) is 0 Å². The van der Waals surface area contributed by atoms with E-state index in [0.717, 1.165) is 39.5 Å². The lowest BCUT2D eigenvalue weighted by Crippen LogP contribution is -2.16. The maximum Gasteiger partial charge on any atom is 0.226 e. The van der Waals surface area contributed by atoms with E-state index in [2.05, 4.69) is 31.4 Å². The van der Waals surface area contributed by atoms with Gasteiger partial charge in [0.15, 0.2) is 0 Å². The molecule has 0 saturated heterocycles. The molecule has 0 atom stereocenters. The van der Waals surface area contributed by atoms with E-state index in [1.807, 2.05) is 44.0 Å². The van der Waals surface area contributed by atoms with Crippen molar-refractivity contribution in [3.63, 3.8) is 0 Å². The molecule has 0 aromatic carbocycles. The number of rotatable bonds is 5. The van der Waals surface area contributed by atoms with Crippen LogP contribution in [-0.4, -0.2) is 25.5 Å². The molecule has 7 heteroatoms. The Morgan fingerprint density at radius 1 is 1.09 bits per heavy atom. The van der Waals surface area contributed by atoms with Gasteiger partial charge in [-0.3, -0.25) is 14.2 Å². The highest BCUT2D eigenvalue weighted by Crippen LogP contribution is 2.21. The Bertz CT molecular complexity index is 701. The molecule has 1 amide bonds. The summed E-state index contributed by atoms with van der Waals surface area (Å²) >= 11 is 3.50. The number of carbonyl (C=O) groups is 1. The fourth-order valence-electron chi connectivity index (χ4n) is 2.49. The van der Waals surface area contributed by atoms with E-state index in [1.54, 1.807) is 0 Å². The molecule has 0 fully saturated rings. The highest BCUT2D eigenvalue weighted by atomic mass is 79.9. The first-order valence-corrected chi connectivity index (χ1v) is 8.17. The minimum atomic E-state index is -0.0227. The number of aryl methyl sites for hydroxylation is 4. The Morgan fingerprint density at radius 3 is 2.23 bits per heavy atom. The Kier molecular flexibility index (Phi) is 5.05.